The van der Waals surface area contributed by atoms with E-state index < -0.39 is 0 Å². The number of aliphatic hydroxyl groups is 1. The Morgan fingerprint density at radius 2 is 2.24 bits per heavy atom. The maximum absolute atomic E-state index is 9.13. The lowest BCUT2D eigenvalue weighted by Crippen LogP contribution is -2.45. The largest absolute Gasteiger partial charge is 0.391 e. The first-order valence-electron chi connectivity index (χ1n) is 5.61. The van der Waals surface area contributed by atoms with Crippen molar-refractivity contribution in [3.8, 4) is 0 Å². The minimum Gasteiger partial charge on any atom is -0.391 e. The molecule has 98 valence electrons. The third-order valence-electron chi connectivity index (χ3n) is 3.58. The van der Waals surface area contributed by atoms with Crippen LogP contribution < -0.4 is 0 Å². The normalized spacial score (nSPS) is 27.1. The molecule has 1 fully saturated rings. The van der Waals surface area contributed by atoms with Crippen LogP contribution in [0, 0.1) is 0 Å². The van der Waals surface area contributed by atoms with Gasteiger partial charge in [0, 0.05) is 30.8 Å². The fourth-order valence-corrected chi connectivity index (χ4v) is 2.71. The number of likely N-dealkylation sites (tertiary alicyclic amines) is 1. The molecule has 2 unspecified atom stereocenters. The summed E-state index contributed by atoms with van der Waals surface area (Å²) in [6, 6.07) is 4.67. The second kappa shape index (κ2) is 7.17. The van der Waals surface area contributed by atoms with E-state index in [0.29, 0.717) is 6.04 Å². The standard InChI is InChI=1S/C12H19N2O.2ClH/c1-14(8-9-15)7-3-5-12(14)11-4-2-6-13-10-11;;/h2,4,6,10,12,15H,3,5,7-9H2,1H3;2*1H/q+1;;. The molecule has 5 heteroatoms. The van der Waals surface area contributed by atoms with Crippen molar-refractivity contribution in [1.82, 2.24) is 4.98 Å². The topological polar surface area (TPSA) is 33.1 Å². The van der Waals surface area contributed by atoms with Crippen LogP contribution in [0.5, 0.6) is 0 Å². The number of pyridine rings is 1. The van der Waals surface area contributed by atoms with Crippen LogP contribution in [-0.2, 0) is 0 Å². The lowest BCUT2D eigenvalue weighted by Gasteiger charge is -2.35. The van der Waals surface area contributed by atoms with Crippen molar-refractivity contribution in [2.75, 3.05) is 26.7 Å². The van der Waals surface area contributed by atoms with E-state index in [4.69, 9.17) is 5.11 Å². The van der Waals surface area contributed by atoms with Gasteiger partial charge in [0.25, 0.3) is 0 Å². The molecule has 2 heterocycles. The molecule has 2 rings (SSSR count). The molecule has 0 bridgehead atoms. The van der Waals surface area contributed by atoms with Gasteiger partial charge in [-0.2, -0.15) is 0 Å². The van der Waals surface area contributed by atoms with E-state index in [-0.39, 0.29) is 31.4 Å². The lowest BCUT2D eigenvalue weighted by molar-refractivity contribution is -0.927. The van der Waals surface area contributed by atoms with Crippen LogP contribution in [0.4, 0.5) is 0 Å². The van der Waals surface area contributed by atoms with Crippen LogP contribution in [0.15, 0.2) is 24.5 Å². The van der Waals surface area contributed by atoms with E-state index in [9.17, 15) is 0 Å². The number of hydrogen-bond acceptors (Lipinski definition) is 2. The molecule has 1 aliphatic rings. The predicted molar refractivity (Wildman–Crippen MR) is 73.7 cm³/mol. The van der Waals surface area contributed by atoms with Gasteiger partial charge in [0.05, 0.1) is 20.2 Å². The maximum Gasteiger partial charge on any atom is 0.116 e. The van der Waals surface area contributed by atoms with E-state index in [0.717, 1.165) is 11.0 Å². The SMILES string of the molecule is C[N+]1(CCO)CCCC1c1cccnc1.Cl.Cl. The van der Waals surface area contributed by atoms with E-state index in [1.54, 1.807) is 0 Å². The predicted octanol–water partition coefficient (Wildman–Crippen LogP) is 2.20. The van der Waals surface area contributed by atoms with Gasteiger partial charge in [-0.1, -0.05) is 6.07 Å². The number of halogens is 2. The molecular formula is C12H21Cl2N2O+. The number of aromatic nitrogens is 1. The molecule has 3 nitrogen and oxygen atoms in total. The third-order valence-corrected chi connectivity index (χ3v) is 3.58. The van der Waals surface area contributed by atoms with Gasteiger partial charge in [0.15, 0.2) is 0 Å². The molecule has 0 aliphatic carbocycles. The van der Waals surface area contributed by atoms with Gasteiger partial charge in [0.2, 0.25) is 0 Å². The maximum atomic E-state index is 9.13. The quantitative estimate of drug-likeness (QED) is 0.861. The van der Waals surface area contributed by atoms with E-state index in [2.05, 4.69) is 18.1 Å². The zero-order valence-corrected chi connectivity index (χ0v) is 11.7. The number of likely N-dealkylation sites (N-methyl/N-ethyl adjacent to an activating group) is 1. The lowest BCUT2D eigenvalue weighted by atomic mass is 10.1. The summed E-state index contributed by atoms with van der Waals surface area (Å²) >= 11 is 0. The van der Waals surface area contributed by atoms with Crippen molar-refractivity contribution < 1.29 is 9.59 Å². The van der Waals surface area contributed by atoms with Gasteiger partial charge in [-0.15, -0.1) is 24.8 Å². The molecule has 1 saturated heterocycles. The Hall–Kier alpha value is -0.350. The zero-order valence-electron chi connectivity index (χ0n) is 10.1. The second-order valence-electron chi connectivity index (χ2n) is 4.59. The summed E-state index contributed by atoms with van der Waals surface area (Å²) in [5.74, 6) is 0. The molecule has 17 heavy (non-hydrogen) atoms. The number of rotatable bonds is 3. The number of hydrogen-bond donors (Lipinski definition) is 1. The number of nitrogens with zero attached hydrogens (tertiary/aromatic N) is 2. The molecule has 1 aromatic heterocycles. The minimum absolute atomic E-state index is 0. The van der Waals surface area contributed by atoms with Crippen LogP contribution in [-0.4, -0.2) is 41.3 Å². The summed E-state index contributed by atoms with van der Waals surface area (Å²) in [6.45, 7) is 2.28. The molecule has 0 saturated carbocycles. The van der Waals surface area contributed by atoms with Crippen molar-refractivity contribution in [1.29, 1.82) is 0 Å². The van der Waals surface area contributed by atoms with Gasteiger partial charge in [-0.3, -0.25) is 4.98 Å². The van der Waals surface area contributed by atoms with Crippen LogP contribution in [0.2, 0.25) is 0 Å². The van der Waals surface area contributed by atoms with Gasteiger partial charge in [0.1, 0.15) is 12.6 Å². The molecule has 0 aromatic carbocycles. The summed E-state index contributed by atoms with van der Waals surface area (Å²) in [6.07, 6.45) is 6.23. The van der Waals surface area contributed by atoms with Crippen molar-refractivity contribution in [3.05, 3.63) is 30.1 Å². The summed E-state index contributed by atoms with van der Waals surface area (Å²) in [4.78, 5) is 4.18. The minimum atomic E-state index is 0. The first-order chi connectivity index (χ1) is 7.26. The fourth-order valence-electron chi connectivity index (χ4n) is 2.71. The molecule has 2 atom stereocenters. The van der Waals surface area contributed by atoms with E-state index >= 15 is 0 Å². The third kappa shape index (κ3) is 3.55. The van der Waals surface area contributed by atoms with Gasteiger partial charge < -0.3 is 9.59 Å². The van der Waals surface area contributed by atoms with Crippen molar-refractivity contribution in [2.24, 2.45) is 0 Å². The zero-order chi connectivity index (χ0) is 10.7. The Labute approximate surface area is 115 Å². The molecule has 1 aromatic rings. The second-order valence-corrected chi connectivity index (χ2v) is 4.59. The Kier molecular flexibility index (Phi) is 7.02. The summed E-state index contributed by atoms with van der Waals surface area (Å²) < 4.78 is 0.961. The Morgan fingerprint density at radius 3 is 2.82 bits per heavy atom. The van der Waals surface area contributed by atoms with Gasteiger partial charge in [-0.05, 0) is 6.07 Å². The molecule has 1 N–H and O–H groups in total. The van der Waals surface area contributed by atoms with Crippen LogP contribution in [0.1, 0.15) is 24.4 Å². The highest BCUT2D eigenvalue weighted by Gasteiger charge is 2.38. The van der Waals surface area contributed by atoms with Gasteiger partial charge in [-0.25, -0.2) is 0 Å². The summed E-state index contributed by atoms with van der Waals surface area (Å²) in [5, 5.41) is 9.13. The number of quaternary nitrogens is 1. The Bertz CT molecular complexity index is 324. The van der Waals surface area contributed by atoms with E-state index in [1.165, 1.54) is 24.9 Å². The average molecular weight is 280 g/mol. The van der Waals surface area contributed by atoms with E-state index in [1.807, 2.05) is 18.5 Å². The first-order valence-corrected chi connectivity index (χ1v) is 5.61. The molecule has 0 amide bonds. The van der Waals surface area contributed by atoms with Crippen LogP contribution in [0.25, 0.3) is 0 Å². The van der Waals surface area contributed by atoms with Crippen molar-refractivity contribution in [2.45, 2.75) is 18.9 Å². The van der Waals surface area contributed by atoms with Crippen LogP contribution in [0.3, 0.4) is 0 Å². The highest BCUT2D eigenvalue weighted by atomic mass is 35.5. The molecule has 1 aliphatic heterocycles. The monoisotopic (exact) mass is 279 g/mol. The Balaban J connectivity index is 0.00000128. The Morgan fingerprint density at radius 1 is 1.47 bits per heavy atom. The highest BCUT2D eigenvalue weighted by molar-refractivity contribution is 5.85. The molecule has 0 spiro atoms. The number of aliphatic hydroxyl groups excluding tert-OH is 1. The smallest absolute Gasteiger partial charge is 0.116 e. The van der Waals surface area contributed by atoms with Crippen molar-refractivity contribution >= 4 is 24.8 Å². The summed E-state index contributed by atoms with van der Waals surface area (Å²) in [7, 11) is 2.24. The fraction of sp³-hybridized carbons (Fsp3) is 0.583. The van der Waals surface area contributed by atoms with Crippen molar-refractivity contribution in [3.63, 3.8) is 0 Å². The average Bonchev–Trinajstić information content (AvgIpc) is 2.62. The van der Waals surface area contributed by atoms with Gasteiger partial charge >= 0.3 is 0 Å². The molecular weight excluding hydrogens is 259 g/mol. The van der Waals surface area contributed by atoms with Crippen LogP contribution >= 0.6 is 24.8 Å². The highest BCUT2D eigenvalue weighted by Crippen LogP contribution is 2.36. The first kappa shape index (κ1) is 16.6. The summed E-state index contributed by atoms with van der Waals surface area (Å²) in [5.41, 5.74) is 1.31. The molecule has 0 radical (unpaired) electrons.